The molecule has 0 unspecified atom stereocenters. The van der Waals surface area contributed by atoms with Gasteiger partial charge in [-0.15, -0.1) is 0 Å². The average Bonchev–Trinajstić information content (AvgIpc) is 2.61. The number of anilines is 1. The lowest BCUT2D eigenvalue weighted by Gasteiger charge is -2.40. The number of aryl methyl sites for hydroxylation is 1. The summed E-state index contributed by atoms with van der Waals surface area (Å²) >= 11 is 0. The SMILES string of the molecule is Cc1[nH]c2ccccc2c1N(C)C1CC(C(=O)O)C1. The summed E-state index contributed by atoms with van der Waals surface area (Å²) < 4.78 is 0. The number of carboxylic acid groups (broad SMARTS) is 1. The number of carboxylic acids is 1. The first-order valence-corrected chi connectivity index (χ1v) is 6.61. The van der Waals surface area contributed by atoms with Crippen LogP contribution >= 0.6 is 0 Å². The highest BCUT2D eigenvalue weighted by atomic mass is 16.4. The highest BCUT2D eigenvalue weighted by Crippen LogP contribution is 2.38. The molecule has 0 amide bonds. The molecule has 0 saturated heterocycles. The Labute approximate surface area is 112 Å². The average molecular weight is 258 g/mol. The van der Waals surface area contributed by atoms with Gasteiger partial charge in [-0.1, -0.05) is 18.2 Å². The maximum Gasteiger partial charge on any atom is 0.306 e. The zero-order valence-corrected chi connectivity index (χ0v) is 11.2. The molecule has 0 radical (unpaired) electrons. The van der Waals surface area contributed by atoms with E-state index in [0.29, 0.717) is 6.04 Å². The van der Waals surface area contributed by atoms with Crippen molar-refractivity contribution in [2.24, 2.45) is 5.92 Å². The first kappa shape index (κ1) is 12.1. The third-order valence-electron chi connectivity index (χ3n) is 4.22. The molecule has 100 valence electrons. The van der Waals surface area contributed by atoms with Gasteiger partial charge in [-0.05, 0) is 25.8 Å². The predicted molar refractivity (Wildman–Crippen MR) is 75.6 cm³/mol. The third-order valence-corrected chi connectivity index (χ3v) is 4.22. The number of H-pyrrole nitrogens is 1. The summed E-state index contributed by atoms with van der Waals surface area (Å²) in [5.41, 5.74) is 3.47. The van der Waals surface area contributed by atoms with Crippen LogP contribution in [0.3, 0.4) is 0 Å². The molecule has 1 aliphatic rings. The molecule has 4 heteroatoms. The normalized spacial score (nSPS) is 22.2. The predicted octanol–water partition coefficient (Wildman–Crippen LogP) is 2.78. The molecule has 0 bridgehead atoms. The van der Waals surface area contributed by atoms with Crippen molar-refractivity contribution < 1.29 is 9.90 Å². The Hall–Kier alpha value is -1.97. The van der Waals surface area contributed by atoms with E-state index in [4.69, 9.17) is 5.11 Å². The molecule has 1 aromatic carbocycles. The summed E-state index contributed by atoms with van der Waals surface area (Å²) in [5, 5.41) is 10.2. The molecular formula is C15H18N2O2. The fourth-order valence-corrected chi connectivity index (χ4v) is 3.00. The number of aromatic nitrogens is 1. The third kappa shape index (κ3) is 1.87. The number of hydrogen-bond donors (Lipinski definition) is 2. The summed E-state index contributed by atoms with van der Waals surface area (Å²) in [7, 11) is 2.06. The Balaban J connectivity index is 1.88. The van der Waals surface area contributed by atoms with Gasteiger partial charge in [0, 0.05) is 29.7 Å². The fourth-order valence-electron chi connectivity index (χ4n) is 3.00. The summed E-state index contributed by atoms with van der Waals surface area (Å²) in [4.78, 5) is 16.5. The van der Waals surface area contributed by atoms with Crippen molar-refractivity contribution in [1.29, 1.82) is 0 Å². The van der Waals surface area contributed by atoms with E-state index in [2.05, 4.69) is 36.0 Å². The van der Waals surface area contributed by atoms with Crippen LogP contribution in [-0.2, 0) is 4.79 Å². The Morgan fingerprint density at radius 2 is 2.05 bits per heavy atom. The number of hydrogen-bond acceptors (Lipinski definition) is 2. The summed E-state index contributed by atoms with van der Waals surface area (Å²) in [6.07, 6.45) is 1.48. The number of nitrogens with zero attached hydrogens (tertiary/aromatic N) is 1. The van der Waals surface area contributed by atoms with Crippen molar-refractivity contribution >= 4 is 22.6 Å². The van der Waals surface area contributed by atoms with Gasteiger partial charge in [-0.25, -0.2) is 0 Å². The van der Waals surface area contributed by atoms with E-state index >= 15 is 0 Å². The number of para-hydroxylation sites is 1. The fraction of sp³-hybridized carbons (Fsp3) is 0.400. The van der Waals surface area contributed by atoms with Crippen molar-refractivity contribution in [3.63, 3.8) is 0 Å². The van der Waals surface area contributed by atoms with E-state index in [1.54, 1.807) is 0 Å². The minimum Gasteiger partial charge on any atom is -0.481 e. The van der Waals surface area contributed by atoms with Gasteiger partial charge < -0.3 is 15.0 Å². The van der Waals surface area contributed by atoms with Gasteiger partial charge in [0.05, 0.1) is 11.6 Å². The van der Waals surface area contributed by atoms with Crippen LogP contribution in [0.5, 0.6) is 0 Å². The van der Waals surface area contributed by atoms with Gasteiger partial charge >= 0.3 is 5.97 Å². The van der Waals surface area contributed by atoms with Gasteiger partial charge in [0.25, 0.3) is 0 Å². The Kier molecular flexibility index (Phi) is 2.73. The van der Waals surface area contributed by atoms with Crippen LogP contribution in [0.2, 0.25) is 0 Å². The Morgan fingerprint density at radius 3 is 2.74 bits per heavy atom. The zero-order chi connectivity index (χ0) is 13.6. The van der Waals surface area contributed by atoms with Crippen LogP contribution < -0.4 is 4.90 Å². The quantitative estimate of drug-likeness (QED) is 0.890. The zero-order valence-electron chi connectivity index (χ0n) is 11.2. The molecule has 1 aromatic heterocycles. The van der Waals surface area contributed by atoms with E-state index in [1.807, 2.05) is 12.1 Å². The molecule has 4 nitrogen and oxygen atoms in total. The van der Waals surface area contributed by atoms with Gasteiger partial charge in [0.1, 0.15) is 0 Å². The standard InChI is InChI=1S/C15H18N2O2/c1-9-14(12-5-3-4-6-13(12)16-9)17(2)11-7-10(8-11)15(18)19/h3-6,10-11,16H,7-8H2,1-2H3,(H,18,19). The van der Waals surface area contributed by atoms with Crippen LogP contribution in [0.15, 0.2) is 24.3 Å². The first-order valence-electron chi connectivity index (χ1n) is 6.61. The molecule has 0 atom stereocenters. The molecule has 1 aliphatic carbocycles. The summed E-state index contributed by atoms with van der Waals surface area (Å²) in [5.74, 6) is -0.835. The second-order valence-electron chi connectivity index (χ2n) is 5.42. The highest BCUT2D eigenvalue weighted by Gasteiger charge is 2.37. The molecule has 0 aliphatic heterocycles. The van der Waals surface area contributed by atoms with Gasteiger partial charge in [0.2, 0.25) is 0 Å². The second kappa shape index (κ2) is 4.30. The van der Waals surface area contributed by atoms with E-state index in [-0.39, 0.29) is 5.92 Å². The summed E-state index contributed by atoms with van der Waals surface area (Å²) in [6.45, 7) is 2.07. The van der Waals surface area contributed by atoms with Gasteiger partial charge in [-0.2, -0.15) is 0 Å². The van der Waals surface area contributed by atoms with Crippen molar-refractivity contribution in [3.8, 4) is 0 Å². The van der Waals surface area contributed by atoms with E-state index < -0.39 is 5.97 Å². The van der Waals surface area contributed by atoms with Crippen molar-refractivity contribution in [3.05, 3.63) is 30.0 Å². The number of nitrogens with one attached hydrogen (secondary N) is 1. The summed E-state index contributed by atoms with van der Waals surface area (Å²) in [6, 6.07) is 8.57. The molecule has 1 fully saturated rings. The van der Waals surface area contributed by atoms with E-state index in [0.717, 1.165) is 24.1 Å². The maximum absolute atomic E-state index is 10.9. The topological polar surface area (TPSA) is 56.3 Å². The minimum absolute atomic E-state index is 0.169. The molecule has 2 N–H and O–H groups in total. The lowest BCUT2D eigenvalue weighted by molar-refractivity contribution is -0.145. The Bertz CT molecular complexity index is 626. The molecule has 19 heavy (non-hydrogen) atoms. The molecule has 2 aromatic rings. The van der Waals surface area contributed by atoms with Crippen LogP contribution in [0.4, 0.5) is 5.69 Å². The number of fused-ring (bicyclic) bond motifs is 1. The molecule has 1 saturated carbocycles. The smallest absolute Gasteiger partial charge is 0.306 e. The van der Waals surface area contributed by atoms with Crippen molar-refractivity contribution in [2.75, 3.05) is 11.9 Å². The first-order chi connectivity index (χ1) is 9.08. The van der Waals surface area contributed by atoms with Crippen LogP contribution in [0, 0.1) is 12.8 Å². The number of rotatable bonds is 3. The second-order valence-corrected chi connectivity index (χ2v) is 5.42. The monoisotopic (exact) mass is 258 g/mol. The maximum atomic E-state index is 10.9. The lowest BCUT2D eigenvalue weighted by atomic mass is 9.79. The highest BCUT2D eigenvalue weighted by molar-refractivity contribution is 5.95. The number of aromatic amines is 1. The van der Waals surface area contributed by atoms with E-state index in [9.17, 15) is 4.79 Å². The largest absolute Gasteiger partial charge is 0.481 e. The Morgan fingerprint density at radius 1 is 1.37 bits per heavy atom. The number of benzene rings is 1. The lowest BCUT2D eigenvalue weighted by Crippen LogP contribution is -2.45. The van der Waals surface area contributed by atoms with Crippen LogP contribution in [-0.4, -0.2) is 29.1 Å². The van der Waals surface area contributed by atoms with Crippen molar-refractivity contribution in [2.45, 2.75) is 25.8 Å². The molecule has 1 heterocycles. The molecular weight excluding hydrogens is 240 g/mol. The number of aliphatic carboxylic acids is 1. The van der Waals surface area contributed by atoms with Crippen LogP contribution in [0.25, 0.3) is 10.9 Å². The van der Waals surface area contributed by atoms with Crippen LogP contribution in [0.1, 0.15) is 18.5 Å². The minimum atomic E-state index is -0.666. The molecule has 3 rings (SSSR count). The number of carbonyl (C=O) groups is 1. The van der Waals surface area contributed by atoms with E-state index in [1.165, 1.54) is 11.1 Å². The molecule has 0 spiro atoms. The van der Waals surface area contributed by atoms with Crippen molar-refractivity contribution in [1.82, 2.24) is 4.98 Å². The van der Waals surface area contributed by atoms with Gasteiger partial charge in [-0.3, -0.25) is 4.79 Å². The van der Waals surface area contributed by atoms with Gasteiger partial charge in [0.15, 0.2) is 0 Å².